The lowest BCUT2D eigenvalue weighted by Crippen LogP contribution is -2.48. The third-order valence-corrected chi connectivity index (χ3v) is 6.38. The molecule has 3 heteroatoms. The Balaban J connectivity index is 1.55. The second-order valence-corrected chi connectivity index (χ2v) is 7.43. The van der Waals surface area contributed by atoms with Crippen molar-refractivity contribution in [2.45, 2.75) is 38.1 Å². The fourth-order valence-electron chi connectivity index (χ4n) is 5.72. The highest BCUT2D eigenvalue weighted by Gasteiger charge is 2.53. The summed E-state index contributed by atoms with van der Waals surface area (Å²) < 4.78 is 0. The van der Waals surface area contributed by atoms with Gasteiger partial charge in [-0.05, 0) is 67.9 Å². The molecule has 5 rings (SSSR count). The Morgan fingerprint density at radius 1 is 0.810 bits per heavy atom. The summed E-state index contributed by atoms with van der Waals surface area (Å²) >= 11 is 0. The van der Waals surface area contributed by atoms with Gasteiger partial charge >= 0.3 is 0 Å². The van der Waals surface area contributed by atoms with E-state index in [0.29, 0.717) is 17.0 Å². The minimum atomic E-state index is -0.0506. The van der Waals surface area contributed by atoms with Crippen molar-refractivity contribution >= 4 is 11.8 Å². The quantitative estimate of drug-likeness (QED) is 0.742. The maximum absolute atomic E-state index is 12.7. The lowest BCUT2D eigenvalue weighted by atomic mass is 9.69. The first-order valence-corrected chi connectivity index (χ1v) is 8.19. The van der Waals surface area contributed by atoms with Crippen LogP contribution in [0.2, 0.25) is 0 Å². The van der Waals surface area contributed by atoms with Crippen molar-refractivity contribution in [1.82, 2.24) is 4.90 Å². The highest BCUT2D eigenvalue weighted by molar-refractivity contribution is 6.21. The van der Waals surface area contributed by atoms with E-state index in [1.165, 1.54) is 25.7 Å². The van der Waals surface area contributed by atoms with Crippen LogP contribution in [0, 0.1) is 23.7 Å². The van der Waals surface area contributed by atoms with E-state index in [1.54, 1.807) is 17.0 Å². The smallest absolute Gasteiger partial charge is 0.261 e. The van der Waals surface area contributed by atoms with Crippen LogP contribution < -0.4 is 0 Å². The van der Waals surface area contributed by atoms with E-state index in [4.69, 9.17) is 0 Å². The SMILES string of the molecule is O=C1c2ccccc2C(=O)N1[C@@H]1CC2CC3CC(C2)C1C3. The summed E-state index contributed by atoms with van der Waals surface area (Å²) in [7, 11) is 0. The molecule has 4 unspecified atom stereocenters. The van der Waals surface area contributed by atoms with Crippen molar-refractivity contribution in [3.63, 3.8) is 0 Å². The summed E-state index contributed by atoms with van der Waals surface area (Å²) in [5.74, 6) is 2.82. The Bertz CT molecular complexity index is 615. The largest absolute Gasteiger partial charge is 0.271 e. The predicted octanol–water partition coefficient (Wildman–Crippen LogP) is 3.11. The molecule has 0 spiro atoms. The molecule has 2 amide bonds. The van der Waals surface area contributed by atoms with Crippen LogP contribution in [0.3, 0.4) is 0 Å². The second-order valence-electron chi connectivity index (χ2n) is 7.43. The number of benzene rings is 1. The van der Waals surface area contributed by atoms with Crippen molar-refractivity contribution in [2.75, 3.05) is 0 Å². The summed E-state index contributed by atoms with van der Waals surface area (Å²) in [5, 5.41) is 0. The third kappa shape index (κ3) is 1.49. The van der Waals surface area contributed by atoms with Crippen molar-refractivity contribution in [1.29, 1.82) is 0 Å². The second kappa shape index (κ2) is 3.96. The molecule has 0 saturated heterocycles. The lowest BCUT2D eigenvalue weighted by Gasteiger charge is -2.42. The van der Waals surface area contributed by atoms with Crippen molar-refractivity contribution in [3.05, 3.63) is 35.4 Å². The van der Waals surface area contributed by atoms with Crippen LogP contribution in [0.4, 0.5) is 0 Å². The predicted molar refractivity (Wildman–Crippen MR) is 77.8 cm³/mol. The van der Waals surface area contributed by atoms with E-state index in [0.717, 1.165) is 24.2 Å². The Kier molecular flexibility index (Phi) is 2.26. The van der Waals surface area contributed by atoms with Gasteiger partial charge in [0.1, 0.15) is 0 Å². The molecule has 0 radical (unpaired) electrons. The van der Waals surface area contributed by atoms with Gasteiger partial charge in [0.15, 0.2) is 0 Å². The molecular weight excluding hydrogens is 262 g/mol. The van der Waals surface area contributed by atoms with Gasteiger partial charge in [-0.1, -0.05) is 12.1 Å². The van der Waals surface area contributed by atoms with Crippen LogP contribution in [-0.4, -0.2) is 22.8 Å². The molecule has 21 heavy (non-hydrogen) atoms. The van der Waals surface area contributed by atoms with Crippen LogP contribution in [0.25, 0.3) is 0 Å². The molecule has 5 atom stereocenters. The molecule has 3 bridgehead atoms. The molecule has 0 N–H and O–H groups in total. The van der Waals surface area contributed by atoms with Crippen molar-refractivity contribution < 1.29 is 9.59 Å². The molecule has 1 heterocycles. The Hall–Kier alpha value is -1.64. The van der Waals surface area contributed by atoms with Gasteiger partial charge in [-0.25, -0.2) is 0 Å². The topological polar surface area (TPSA) is 37.4 Å². The first kappa shape index (κ1) is 12.0. The fourth-order valence-corrected chi connectivity index (χ4v) is 5.72. The summed E-state index contributed by atoms with van der Waals surface area (Å²) in [6, 6.07) is 7.45. The van der Waals surface area contributed by atoms with Crippen LogP contribution in [0.15, 0.2) is 24.3 Å². The maximum atomic E-state index is 12.7. The number of nitrogens with zero attached hydrogens (tertiary/aromatic N) is 1. The molecule has 4 aliphatic rings. The molecule has 1 aliphatic heterocycles. The number of carbonyl (C=O) groups is 2. The van der Waals surface area contributed by atoms with Crippen molar-refractivity contribution in [3.8, 4) is 0 Å². The number of amides is 2. The zero-order valence-electron chi connectivity index (χ0n) is 12.0. The lowest BCUT2D eigenvalue weighted by molar-refractivity contribution is 0.0349. The van der Waals surface area contributed by atoms with Gasteiger partial charge in [-0.2, -0.15) is 0 Å². The zero-order valence-corrected chi connectivity index (χ0v) is 12.0. The molecule has 1 aromatic rings. The van der Waals surface area contributed by atoms with E-state index in [9.17, 15) is 9.59 Å². The van der Waals surface area contributed by atoms with E-state index in [2.05, 4.69) is 0 Å². The van der Waals surface area contributed by atoms with Crippen LogP contribution in [0.5, 0.6) is 0 Å². The van der Waals surface area contributed by atoms with E-state index < -0.39 is 0 Å². The molecule has 3 saturated carbocycles. The van der Waals surface area contributed by atoms with Gasteiger partial charge in [-0.3, -0.25) is 14.5 Å². The summed E-state index contributed by atoms with van der Waals surface area (Å²) in [6.45, 7) is 0. The van der Waals surface area contributed by atoms with Crippen LogP contribution in [0.1, 0.15) is 52.8 Å². The van der Waals surface area contributed by atoms with Crippen LogP contribution in [-0.2, 0) is 0 Å². The standard InChI is InChI=1S/C18H19NO2/c20-17-13-3-1-2-4-14(13)18(21)19(17)16-9-11-5-10-6-12(7-11)15(16)8-10/h1-4,10-12,15-16H,5-9H2/t10?,11?,12?,15?,16-/m1/s1. The molecule has 3 nitrogen and oxygen atoms in total. The Morgan fingerprint density at radius 3 is 2.10 bits per heavy atom. The minimum absolute atomic E-state index is 0.0506. The Morgan fingerprint density at radius 2 is 1.43 bits per heavy atom. The van der Waals surface area contributed by atoms with Gasteiger partial charge < -0.3 is 0 Å². The Labute approximate surface area is 124 Å². The molecule has 1 aromatic carbocycles. The first-order valence-electron chi connectivity index (χ1n) is 8.19. The molecular formula is C18H19NO2. The first-order chi connectivity index (χ1) is 10.2. The number of imide groups is 1. The third-order valence-electron chi connectivity index (χ3n) is 6.38. The van der Waals surface area contributed by atoms with Gasteiger partial charge in [0.2, 0.25) is 0 Å². The number of carbonyl (C=O) groups excluding carboxylic acids is 2. The number of hydrogen-bond donors (Lipinski definition) is 0. The minimum Gasteiger partial charge on any atom is -0.271 e. The highest BCUT2D eigenvalue weighted by Crippen LogP contribution is 2.56. The monoisotopic (exact) mass is 281 g/mol. The van der Waals surface area contributed by atoms with E-state index in [1.807, 2.05) is 12.1 Å². The fraction of sp³-hybridized carbons (Fsp3) is 0.556. The van der Waals surface area contributed by atoms with Crippen molar-refractivity contribution in [2.24, 2.45) is 23.7 Å². The van der Waals surface area contributed by atoms with Gasteiger partial charge in [0.25, 0.3) is 11.8 Å². The number of fused-ring (bicyclic) bond motifs is 3. The van der Waals surface area contributed by atoms with Gasteiger partial charge in [-0.15, -0.1) is 0 Å². The molecule has 3 aliphatic carbocycles. The summed E-state index contributed by atoms with van der Waals surface area (Å²) in [4.78, 5) is 27.1. The van der Waals surface area contributed by atoms with E-state index in [-0.39, 0.29) is 17.9 Å². The summed E-state index contributed by atoms with van der Waals surface area (Å²) in [6.07, 6.45) is 6.27. The summed E-state index contributed by atoms with van der Waals surface area (Å²) in [5.41, 5.74) is 1.21. The number of rotatable bonds is 1. The molecule has 0 aromatic heterocycles. The highest BCUT2D eigenvalue weighted by atomic mass is 16.2. The van der Waals surface area contributed by atoms with Gasteiger partial charge in [0.05, 0.1) is 11.1 Å². The average molecular weight is 281 g/mol. The molecule has 3 fully saturated rings. The zero-order chi connectivity index (χ0) is 14.1. The van der Waals surface area contributed by atoms with Crippen LogP contribution >= 0.6 is 0 Å². The normalized spacial score (nSPS) is 40.0. The number of hydrogen-bond acceptors (Lipinski definition) is 2. The van der Waals surface area contributed by atoms with Gasteiger partial charge in [0, 0.05) is 6.04 Å². The molecule has 108 valence electrons. The van der Waals surface area contributed by atoms with E-state index >= 15 is 0 Å². The average Bonchev–Trinajstić information content (AvgIpc) is 2.87. The maximum Gasteiger partial charge on any atom is 0.261 e.